The van der Waals surface area contributed by atoms with Crippen molar-refractivity contribution in [2.45, 2.75) is 38.8 Å². The third-order valence-corrected chi connectivity index (χ3v) is 2.92. The van der Waals surface area contributed by atoms with E-state index in [9.17, 15) is 9.59 Å². The van der Waals surface area contributed by atoms with Gasteiger partial charge in [0, 0.05) is 25.2 Å². The van der Waals surface area contributed by atoms with Crippen molar-refractivity contribution in [3.8, 4) is 0 Å². The average Bonchev–Trinajstić information content (AvgIpc) is 2.33. The topological polar surface area (TPSA) is 71.5 Å². The first-order valence-electron chi connectivity index (χ1n) is 6.48. The van der Waals surface area contributed by atoms with Crippen LogP contribution in [0.2, 0.25) is 0 Å². The lowest BCUT2D eigenvalue weighted by atomic mass is 10.0. The molecule has 1 aliphatic rings. The number of alkyl carbamates (subject to hydrolysis) is 1. The number of hydrogen-bond acceptors (Lipinski definition) is 4. The van der Waals surface area contributed by atoms with Crippen molar-refractivity contribution < 1.29 is 14.3 Å². The molecule has 1 aliphatic heterocycles. The maximum atomic E-state index is 12.2. The van der Waals surface area contributed by atoms with E-state index in [2.05, 4.69) is 10.3 Å². The molecule has 1 atom stereocenters. The van der Waals surface area contributed by atoms with Crippen LogP contribution in [0.25, 0.3) is 0 Å². The van der Waals surface area contributed by atoms with Crippen molar-refractivity contribution in [3.05, 3.63) is 23.9 Å². The summed E-state index contributed by atoms with van der Waals surface area (Å²) in [4.78, 5) is 29.5. The van der Waals surface area contributed by atoms with Gasteiger partial charge in [-0.15, -0.1) is 0 Å². The van der Waals surface area contributed by atoms with Crippen LogP contribution >= 0.6 is 0 Å². The number of ether oxygens (including phenoxy) is 1. The fourth-order valence-corrected chi connectivity index (χ4v) is 2.06. The molecule has 2 rings (SSSR count). The molecule has 108 valence electrons. The quantitative estimate of drug-likeness (QED) is 0.844. The summed E-state index contributed by atoms with van der Waals surface area (Å²) in [7, 11) is 1.63. The molecule has 1 unspecified atom stereocenters. The van der Waals surface area contributed by atoms with E-state index in [1.54, 1.807) is 19.3 Å². The van der Waals surface area contributed by atoms with E-state index < -0.39 is 17.7 Å². The van der Waals surface area contributed by atoms with Crippen LogP contribution in [0.4, 0.5) is 10.6 Å². The highest BCUT2D eigenvalue weighted by atomic mass is 16.6. The Kier molecular flexibility index (Phi) is 3.65. The van der Waals surface area contributed by atoms with Crippen LogP contribution < -0.4 is 10.2 Å². The van der Waals surface area contributed by atoms with Crippen LogP contribution in [0.5, 0.6) is 0 Å². The van der Waals surface area contributed by atoms with Gasteiger partial charge in [-0.2, -0.15) is 0 Å². The number of anilines is 1. The number of aromatic nitrogens is 1. The number of hydrogen-bond donors (Lipinski definition) is 1. The lowest BCUT2D eigenvalue weighted by Gasteiger charge is -2.30. The molecule has 0 fully saturated rings. The van der Waals surface area contributed by atoms with Crippen LogP contribution in [-0.2, 0) is 16.0 Å². The number of rotatable bonds is 1. The first kappa shape index (κ1) is 14.3. The van der Waals surface area contributed by atoms with Gasteiger partial charge in [-0.3, -0.25) is 9.69 Å². The van der Waals surface area contributed by atoms with E-state index in [4.69, 9.17) is 4.74 Å². The van der Waals surface area contributed by atoms with Gasteiger partial charge in [0.05, 0.1) is 0 Å². The van der Waals surface area contributed by atoms with Crippen LogP contribution in [0.15, 0.2) is 18.3 Å². The highest BCUT2D eigenvalue weighted by Gasteiger charge is 2.34. The summed E-state index contributed by atoms with van der Waals surface area (Å²) < 4.78 is 5.24. The number of carbonyl (C=O) groups excluding carboxylic acids is 2. The third kappa shape index (κ3) is 3.07. The van der Waals surface area contributed by atoms with E-state index >= 15 is 0 Å². The molecule has 20 heavy (non-hydrogen) atoms. The van der Waals surface area contributed by atoms with E-state index in [0.29, 0.717) is 12.2 Å². The summed E-state index contributed by atoms with van der Waals surface area (Å²) in [5.74, 6) is 0.355. The molecule has 2 heterocycles. The Morgan fingerprint density at radius 1 is 1.50 bits per heavy atom. The summed E-state index contributed by atoms with van der Waals surface area (Å²) in [6, 6.07) is 3.68. The molecule has 2 amide bonds. The van der Waals surface area contributed by atoms with Crippen LogP contribution in [0, 0.1) is 0 Å². The fourth-order valence-electron chi connectivity index (χ4n) is 2.06. The molecule has 0 bridgehead atoms. The Hall–Kier alpha value is -2.11. The van der Waals surface area contributed by atoms with Crippen LogP contribution in [0.3, 0.4) is 0 Å². The molecule has 0 saturated carbocycles. The molecule has 0 saturated heterocycles. The lowest BCUT2D eigenvalue weighted by molar-refractivity contribution is -0.127. The van der Waals surface area contributed by atoms with Crippen LogP contribution in [0.1, 0.15) is 26.3 Å². The number of likely N-dealkylation sites (N-methyl/N-ethyl adjacent to an activating group) is 1. The van der Waals surface area contributed by atoms with Crippen LogP contribution in [-0.4, -0.2) is 35.7 Å². The van der Waals surface area contributed by atoms with Gasteiger partial charge in [-0.1, -0.05) is 6.07 Å². The van der Waals surface area contributed by atoms with Gasteiger partial charge in [0.25, 0.3) is 5.91 Å². The molecule has 0 spiro atoms. The zero-order valence-electron chi connectivity index (χ0n) is 12.1. The van der Waals surface area contributed by atoms with Gasteiger partial charge in [0.15, 0.2) is 6.10 Å². The minimum atomic E-state index is -0.806. The molecule has 0 radical (unpaired) electrons. The van der Waals surface area contributed by atoms with Crippen molar-refractivity contribution in [1.82, 2.24) is 10.3 Å². The second kappa shape index (κ2) is 5.11. The molecule has 6 heteroatoms. The molecular weight excluding hydrogens is 258 g/mol. The lowest BCUT2D eigenvalue weighted by Crippen LogP contribution is -2.48. The van der Waals surface area contributed by atoms with E-state index in [-0.39, 0.29) is 5.91 Å². The normalized spacial score (nSPS) is 18.5. The summed E-state index contributed by atoms with van der Waals surface area (Å²) in [5, 5.41) is 2.68. The Balaban J connectivity index is 2.12. The average molecular weight is 277 g/mol. The standard InChI is InChI=1S/C14H19N3O3/c1-14(2,3)16-13(19)20-10-8-9-6-5-7-15-11(9)17(4)12(10)18/h5-7,10H,8H2,1-4H3,(H,16,19). The minimum absolute atomic E-state index is 0.264. The third-order valence-electron chi connectivity index (χ3n) is 2.92. The van der Waals surface area contributed by atoms with E-state index in [1.165, 1.54) is 4.90 Å². The summed E-state index contributed by atoms with van der Waals surface area (Å²) in [5.41, 5.74) is 0.489. The highest BCUT2D eigenvalue weighted by molar-refractivity contribution is 5.99. The van der Waals surface area contributed by atoms with Crippen molar-refractivity contribution in [1.29, 1.82) is 0 Å². The smallest absolute Gasteiger partial charge is 0.408 e. The van der Waals surface area contributed by atoms with Gasteiger partial charge >= 0.3 is 6.09 Å². The number of fused-ring (bicyclic) bond motifs is 1. The first-order valence-corrected chi connectivity index (χ1v) is 6.48. The highest BCUT2D eigenvalue weighted by Crippen LogP contribution is 2.25. The zero-order valence-corrected chi connectivity index (χ0v) is 12.1. The van der Waals surface area contributed by atoms with E-state index in [0.717, 1.165) is 5.56 Å². The molecule has 0 aliphatic carbocycles. The van der Waals surface area contributed by atoms with Crippen molar-refractivity contribution in [2.75, 3.05) is 11.9 Å². The minimum Gasteiger partial charge on any atom is -0.436 e. The molecular formula is C14H19N3O3. The Morgan fingerprint density at radius 3 is 2.85 bits per heavy atom. The largest absolute Gasteiger partial charge is 0.436 e. The molecule has 1 aromatic heterocycles. The van der Waals surface area contributed by atoms with Gasteiger partial charge in [-0.25, -0.2) is 9.78 Å². The van der Waals surface area contributed by atoms with Gasteiger partial charge in [-0.05, 0) is 32.4 Å². The maximum absolute atomic E-state index is 12.2. The number of pyridine rings is 1. The van der Waals surface area contributed by atoms with E-state index in [1.807, 2.05) is 26.8 Å². The second-order valence-corrected chi connectivity index (χ2v) is 5.86. The molecule has 1 aromatic rings. The predicted molar refractivity (Wildman–Crippen MR) is 74.5 cm³/mol. The molecule has 1 N–H and O–H groups in total. The van der Waals surface area contributed by atoms with Gasteiger partial charge in [0.1, 0.15) is 5.82 Å². The van der Waals surface area contributed by atoms with Gasteiger partial charge in [0.2, 0.25) is 0 Å². The van der Waals surface area contributed by atoms with Gasteiger partial charge < -0.3 is 10.1 Å². The summed E-state index contributed by atoms with van der Waals surface area (Å²) in [6.07, 6.45) is 0.593. The maximum Gasteiger partial charge on any atom is 0.408 e. The molecule has 6 nitrogen and oxygen atoms in total. The number of carbonyl (C=O) groups is 2. The predicted octanol–water partition coefficient (Wildman–Crippen LogP) is 1.49. The second-order valence-electron chi connectivity index (χ2n) is 5.86. The Morgan fingerprint density at radius 2 is 2.20 bits per heavy atom. The SMILES string of the molecule is CN1C(=O)C(OC(=O)NC(C)(C)C)Cc2cccnc21. The number of nitrogens with zero attached hydrogens (tertiary/aromatic N) is 2. The Bertz CT molecular complexity index is 537. The number of nitrogens with one attached hydrogen (secondary N) is 1. The number of amides is 2. The monoisotopic (exact) mass is 277 g/mol. The fraction of sp³-hybridized carbons (Fsp3) is 0.500. The Labute approximate surface area is 118 Å². The molecule has 0 aromatic carbocycles. The zero-order chi connectivity index (χ0) is 14.9. The summed E-state index contributed by atoms with van der Waals surface area (Å²) >= 11 is 0. The first-order chi connectivity index (χ1) is 9.28. The summed E-state index contributed by atoms with van der Waals surface area (Å²) in [6.45, 7) is 5.55. The van der Waals surface area contributed by atoms with Crippen molar-refractivity contribution in [3.63, 3.8) is 0 Å². The van der Waals surface area contributed by atoms with Crippen molar-refractivity contribution in [2.24, 2.45) is 0 Å². The van der Waals surface area contributed by atoms with Crippen molar-refractivity contribution >= 4 is 17.8 Å².